The van der Waals surface area contributed by atoms with E-state index in [1.165, 1.54) is 11.5 Å². The van der Waals surface area contributed by atoms with Gasteiger partial charge >= 0.3 is 0 Å². The van der Waals surface area contributed by atoms with Crippen LogP contribution in [0.1, 0.15) is 23.2 Å². The van der Waals surface area contributed by atoms with Crippen LogP contribution < -0.4 is 21.3 Å². The van der Waals surface area contributed by atoms with Crippen LogP contribution >= 0.6 is 11.5 Å². The topological polar surface area (TPSA) is 100 Å². The summed E-state index contributed by atoms with van der Waals surface area (Å²) in [6, 6.07) is 0.0968. The molecule has 2 atom stereocenters. The molecule has 0 bridgehead atoms. The van der Waals surface area contributed by atoms with Crippen LogP contribution in [0, 0.1) is 5.92 Å². The summed E-state index contributed by atoms with van der Waals surface area (Å²) in [6.45, 7) is 1.44. The molecule has 4 N–H and O–H groups in total. The van der Waals surface area contributed by atoms with Crippen molar-refractivity contribution < 1.29 is 9.59 Å². The van der Waals surface area contributed by atoms with Crippen LogP contribution in [0.2, 0.25) is 0 Å². The molecule has 1 aromatic heterocycles. The molecule has 1 aromatic rings. The SMILES string of the molecule is CNC(=O)c1c(N)nsc1N1CCCC2C(=O)NCC21. The molecule has 0 aromatic carbocycles. The van der Waals surface area contributed by atoms with E-state index >= 15 is 0 Å². The standard InChI is InChI=1S/C12H17N5O2S/c1-14-11(19)8-9(13)16-20-12(8)17-4-2-3-6-7(17)5-15-10(6)18/h6-7H,2-5H2,1H3,(H2,13,16)(H,14,19)(H,15,18). The number of hydrogen-bond donors (Lipinski definition) is 3. The Bertz CT molecular complexity index is 558. The Labute approximate surface area is 120 Å². The molecule has 7 nitrogen and oxygen atoms in total. The van der Waals surface area contributed by atoms with E-state index in [-0.39, 0.29) is 29.6 Å². The first-order valence-corrected chi connectivity index (χ1v) is 7.42. The molecule has 3 rings (SSSR count). The number of nitrogens with zero attached hydrogens (tertiary/aromatic N) is 2. The van der Waals surface area contributed by atoms with Crippen LogP contribution in [-0.4, -0.2) is 42.4 Å². The molecule has 2 aliphatic rings. The van der Waals surface area contributed by atoms with Crippen molar-refractivity contribution in [3.8, 4) is 0 Å². The molecule has 2 aliphatic heterocycles. The minimum absolute atomic E-state index is 0.00427. The van der Waals surface area contributed by atoms with Crippen LogP contribution in [0.15, 0.2) is 0 Å². The largest absolute Gasteiger partial charge is 0.382 e. The number of amides is 2. The molecule has 0 aliphatic carbocycles. The van der Waals surface area contributed by atoms with Crippen LogP contribution in [0.4, 0.5) is 10.8 Å². The maximum absolute atomic E-state index is 12.0. The van der Waals surface area contributed by atoms with Crippen molar-refractivity contribution in [2.75, 3.05) is 30.8 Å². The zero-order valence-corrected chi connectivity index (χ0v) is 12.0. The van der Waals surface area contributed by atoms with Crippen LogP contribution in [0.3, 0.4) is 0 Å². The summed E-state index contributed by atoms with van der Waals surface area (Å²) >= 11 is 1.23. The van der Waals surface area contributed by atoms with Gasteiger partial charge in [0.15, 0.2) is 5.82 Å². The molecule has 2 fully saturated rings. The molecule has 0 radical (unpaired) electrons. The van der Waals surface area contributed by atoms with E-state index < -0.39 is 0 Å². The number of nitrogen functional groups attached to an aromatic ring is 1. The lowest BCUT2D eigenvalue weighted by Crippen LogP contribution is -2.46. The van der Waals surface area contributed by atoms with Gasteiger partial charge in [-0.1, -0.05) is 0 Å². The fraction of sp³-hybridized carbons (Fsp3) is 0.583. The van der Waals surface area contributed by atoms with Gasteiger partial charge < -0.3 is 21.3 Å². The molecule has 2 amide bonds. The number of carbonyl (C=O) groups excluding carboxylic acids is 2. The van der Waals surface area contributed by atoms with Gasteiger partial charge in [0.2, 0.25) is 5.91 Å². The maximum atomic E-state index is 12.0. The number of anilines is 2. The Balaban J connectivity index is 1.96. The first-order valence-electron chi connectivity index (χ1n) is 6.65. The van der Waals surface area contributed by atoms with Crippen LogP contribution in [0.5, 0.6) is 0 Å². The number of carbonyl (C=O) groups is 2. The summed E-state index contributed by atoms with van der Waals surface area (Å²) < 4.78 is 4.11. The molecule has 8 heteroatoms. The number of piperidine rings is 1. The first-order chi connectivity index (χ1) is 9.63. The summed E-state index contributed by atoms with van der Waals surface area (Å²) in [5.74, 6) is 0.137. The van der Waals surface area contributed by atoms with E-state index in [9.17, 15) is 9.59 Å². The van der Waals surface area contributed by atoms with E-state index in [2.05, 4.69) is 19.9 Å². The lowest BCUT2D eigenvalue weighted by atomic mass is 9.91. The molecule has 0 spiro atoms. The van der Waals surface area contributed by atoms with E-state index in [4.69, 9.17) is 5.73 Å². The number of hydrogen-bond acceptors (Lipinski definition) is 6. The van der Waals surface area contributed by atoms with Gasteiger partial charge in [-0.3, -0.25) is 9.59 Å². The van der Waals surface area contributed by atoms with Gasteiger partial charge in [-0.05, 0) is 24.4 Å². The van der Waals surface area contributed by atoms with Crippen molar-refractivity contribution in [2.24, 2.45) is 5.92 Å². The average molecular weight is 295 g/mol. The fourth-order valence-corrected chi connectivity index (χ4v) is 3.93. The second-order valence-corrected chi connectivity index (χ2v) is 5.83. The Morgan fingerprint density at radius 1 is 1.60 bits per heavy atom. The quantitative estimate of drug-likeness (QED) is 0.701. The minimum Gasteiger partial charge on any atom is -0.382 e. The summed E-state index contributed by atoms with van der Waals surface area (Å²) in [5.41, 5.74) is 6.25. The normalized spacial score (nSPS) is 25.2. The Hall–Kier alpha value is -1.83. The van der Waals surface area contributed by atoms with Gasteiger partial charge in [0.25, 0.3) is 5.91 Å². The Kier molecular flexibility index (Phi) is 3.25. The van der Waals surface area contributed by atoms with Gasteiger partial charge in [-0.15, -0.1) is 0 Å². The number of nitrogens with one attached hydrogen (secondary N) is 2. The van der Waals surface area contributed by atoms with Crippen molar-refractivity contribution in [3.63, 3.8) is 0 Å². The third-order valence-corrected chi connectivity index (χ3v) is 4.92. The third kappa shape index (κ3) is 1.91. The van der Waals surface area contributed by atoms with Crippen molar-refractivity contribution >= 4 is 34.2 Å². The van der Waals surface area contributed by atoms with Crippen LogP contribution in [-0.2, 0) is 4.79 Å². The van der Waals surface area contributed by atoms with Crippen molar-refractivity contribution in [2.45, 2.75) is 18.9 Å². The summed E-state index contributed by atoms with van der Waals surface area (Å²) in [4.78, 5) is 25.9. The molecule has 2 saturated heterocycles. The third-order valence-electron chi connectivity index (χ3n) is 4.02. The predicted octanol–water partition coefficient (Wildman–Crippen LogP) is -0.200. The molecule has 20 heavy (non-hydrogen) atoms. The van der Waals surface area contributed by atoms with E-state index in [1.54, 1.807) is 7.05 Å². The molecule has 2 unspecified atom stereocenters. The Morgan fingerprint density at radius 2 is 2.40 bits per heavy atom. The second kappa shape index (κ2) is 4.93. The molecule has 108 valence electrons. The van der Waals surface area contributed by atoms with Crippen molar-refractivity contribution in [1.82, 2.24) is 15.0 Å². The van der Waals surface area contributed by atoms with Gasteiger partial charge in [0.05, 0.1) is 12.0 Å². The summed E-state index contributed by atoms with van der Waals surface area (Å²) in [7, 11) is 1.57. The lowest BCUT2D eigenvalue weighted by molar-refractivity contribution is -0.122. The summed E-state index contributed by atoms with van der Waals surface area (Å²) in [5, 5.41) is 6.27. The molecule has 3 heterocycles. The highest BCUT2D eigenvalue weighted by atomic mass is 32.1. The highest BCUT2D eigenvalue weighted by Gasteiger charge is 2.42. The number of nitrogens with two attached hydrogens (primary N) is 1. The number of aromatic nitrogens is 1. The monoisotopic (exact) mass is 295 g/mol. The lowest BCUT2D eigenvalue weighted by Gasteiger charge is -2.36. The van der Waals surface area contributed by atoms with Gasteiger partial charge in [-0.2, -0.15) is 4.37 Å². The van der Waals surface area contributed by atoms with Crippen LogP contribution in [0.25, 0.3) is 0 Å². The van der Waals surface area contributed by atoms with Crippen molar-refractivity contribution in [1.29, 1.82) is 0 Å². The Morgan fingerprint density at radius 3 is 3.15 bits per heavy atom. The highest BCUT2D eigenvalue weighted by molar-refractivity contribution is 7.11. The highest BCUT2D eigenvalue weighted by Crippen LogP contribution is 2.37. The zero-order valence-electron chi connectivity index (χ0n) is 11.2. The van der Waals surface area contributed by atoms with Gasteiger partial charge in [0, 0.05) is 20.1 Å². The fourth-order valence-electron chi connectivity index (χ4n) is 3.03. The number of rotatable bonds is 2. The number of fused-ring (bicyclic) bond motifs is 1. The van der Waals surface area contributed by atoms with E-state index in [0.29, 0.717) is 12.1 Å². The van der Waals surface area contributed by atoms with E-state index in [0.717, 1.165) is 24.4 Å². The average Bonchev–Trinajstić information content (AvgIpc) is 3.02. The second-order valence-electron chi connectivity index (χ2n) is 5.08. The van der Waals surface area contributed by atoms with Crippen molar-refractivity contribution in [3.05, 3.63) is 5.56 Å². The first kappa shape index (κ1) is 13.2. The van der Waals surface area contributed by atoms with Gasteiger partial charge in [-0.25, -0.2) is 0 Å². The molecular weight excluding hydrogens is 278 g/mol. The smallest absolute Gasteiger partial charge is 0.257 e. The predicted molar refractivity (Wildman–Crippen MR) is 76.8 cm³/mol. The summed E-state index contributed by atoms with van der Waals surface area (Å²) in [6.07, 6.45) is 1.83. The maximum Gasteiger partial charge on any atom is 0.257 e. The zero-order chi connectivity index (χ0) is 14.3. The van der Waals surface area contributed by atoms with Gasteiger partial charge in [0.1, 0.15) is 10.6 Å². The molecule has 0 saturated carbocycles. The minimum atomic E-state index is -0.231. The molecular formula is C12H17N5O2S. The van der Waals surface area contributed by atoms with E-state index in [1.807, 2.05) is 0 Å².